The fourth-order valence-electron chi connectivity index (χ4n) is 2.15. The lowest BCUT2D eigenvalue weighted by Gasteiger charge is -2.40. The molecule has 82 valence electrons. The summed E-state index contributed by atoms with van der Waals surface area (Å²) in [5.74, 6) is 0. The Morgan fingerprint density at radius 1 is 1.36 bits per heavy atom. The quantitative estimate of drug-likeness (QED) is 0.731. The van der Waals surface area contributed by atoms with Crippen molar-refractivity contribution in [1.29, 1.82) is 0 Å². The van der Waals surface area contributed by atoms with Crippen LogP contribution in [0.5, 0.6) is 0 Å². The van der Waals surface area contributed by atoms with Crippen molar-refractivity contribution < 1.29 is 4.39 Å². The molecule has 0 bridgehead atoms. The van der Waals surface area contributed by atoms with E-state index in [1.54, 1.807) is 6.20 Å². The zero-order valence-corrected chi connectivity index (χ0v) is 9.41. The van der Waals surface area contributed by atoms with E-state index >= 15 is 0 Å². The molecule has 0 aliphatic heterocycles. The molecule has 0 aromatic heterocycles. The van der Waals surface area contributed by atoms with Crippen molar-refractivity contribution in [2.24, 2.45) is 5.41 Å². The molecule has 14 heavy (non-hydrogen) atoms. The van der Waals surface area contributed by atoms with Crippen LogP contribution in [0.2, 0.25) is 0 Å². The lowest BCUT2D eigenvalue weighted by molar-refractivity contribution is 0.0447. The SMILES string of the molecule is C=CNCC1(C)CCC(F)(CC)CC1. The molecule has 1 nitrogen and oxygen atoms in total. The topological polar surface area (TPSA) is 12.0 Å². The normalized spacial score (nSPS) is 37.9. The smallest absolute Gasteiger partial charge is 0.110 e. The highest BCUT2D eigenvalue weighted by Gasteiger charge is 2.38. The highest BCUT2D eigenvalue weighted by Crippen LogP contribution is 2.43. The number of rotatable bonds is 4. The molecule has 0 atom stereocenters. The van der Waals surface area contributed by atoms with Crippen LogP contribution >= 0.6 is 0 Å². The molecule has 1 aliphatic carbocycles. The van der Waals surface area contributed by atoms with Gasteiger partial charge in [-0.3, -0.25) is 0 Å². The summed E-state index contributed by atoms with van der Waals surface area (Å²) >= 11 is 0. The van der Waals surface area contributed by atoms with E-state index in [0.717, 1.165) is 32.2 Å². The molecule has 1 fully saturated rings. The van der Waals surface area contributed by atoms with Gasteiger partial charge in [0.1, 0.15) is 5.67 Å². The monoisotopic (exact) mass is 199 g/mol. The van der Waals surface area contributed by atoms with Crippen LogP contribution < -0.4 is 5.32 Å². The first-order valence-corrected chi connectivity index (χ1v) is 5.57. The van der Waals surface area contributed by atoms with E-state index in [2.05, 4.69) is 18.8 Å². The molecular weight excluding hydrogens is 177 g/mol. The van der Waals surface area contributed by atoms with E-state index in [1.807, 2.05) is 6.92 Å². The Morgan fingerprint density at radius 2 is 1.93 bits per heavy atom. The van der Waals surface area contributed by atoms with Gasteiger partial charge in [0.05, 0.1) is 0 Å². The Kier molecular flexibility index (Phi) is 3.57. The van der Waals surface area contributed by atoms with Crippen LogP contribution in [0, 0.1) is 5.41 Å². The van der Waals surface area contributed by atoms with Crippen LogP contribution in [-0.2, 0) is 0 Å². The lowest BCUT2D eigenvalue weighted by atomic mass is 9.70. The molecule has 2 heteroatoms. The minimum Gasteiger partial charge on any atom is -0.391 e. The van der Waals surface area contributed by atoms with Crippen molar-refractivity contribution in [1.82, 2.24) is 5.32 Å². The standard InChI is InChI=1S/C12H22FN/c1-4-12(13)8-6-11(3,7-9-12)10-14-5-2/h5,14H,2,4,6-10H2,1,3H3. The predicted molar refractivity (Wildman–Crippen MR) is 58.9 cm³/mol. The molecule has 1 saturated carbocycles. The fraction of sp³-hybridized carbons (Fsp3) is 0.833. The van der Waals surface area contributed by atoms with Crippen molar-refractivity contribution in [2.75, 3.05) is 6.54 Å². The maximum absolute atomic E-state index is 13.9. The third kappa shape index (κ3) is 2.73. The van der Waals surface area contributed by atoms with Gasteiger partial charge in [-0.25, -0.2) is 4.39 Å². The van der Waals surface area contributed by atoms with Gasteiger partial charge in [0, 0.05) is 6.54 Å². The number of hydrogen-bond acceptors (Lipinski definition) is 1. The maximum atomic E-state index is 13.9. The summed E-state index contributed by atoms with van der Waals surface area (Å²) in [6.07, 6.45) is 5.80. The second-order valence-electron chi connectivity index (χ2n) is 4.90. The number of nitrogens with one attached hydrogen (secondary N) is 1. The third-order valence-electron chi connectivity index (χ3n) is 3.66. The Labute approximate surface area is 86.8 Å². The van der Waals surface area contributed by atoms with Crippen LogP contribution in [0.1, 0.15) is 46.0 Å². The van der Waals surface area contributed by atoms with Crippen molar-refractivity contribution in [3.05, 3.63) is 12.8 Å². The number of halogens is 1. The Balaban J connectivity index is 2.44. The third-order valence-corrected chi connectivity index (χ3v) is 3.66. The minimum absolute atomic E-state index is 0.263. The van der Waals surface area contributed by atoms with E-state index < -0.39 is 5.67 Å². The minimum atomic E-state index is -0.881. The van der Waals surface area contributed by atoms with Crippen molar-refractivity contribution in [3.8, 4) is 0 Å². The summed E-state index contributed by atoms with van der Waals surface area (Å²) in [6.45, 7) is 8.75. The second kappa shape index (κ2) is 4.33. The first-order valence-electron chi connectivity index (χ1n) is 5.57. The highest BCUT2D eigenvalue weighted by atomic mass is 19.1. The Hall–Kier alpha value is -0.530. The largest absolute Gasteiger partial charge is 0.391 e. The maximum Gasteiger partial charge on any atom is 0.110 e. The van der Waals surface area contributed by atoms with E-state index in [-0.39, 0.29) is 5.41 Å². The zero-order chi connectivity index (χ0) is 10.7. The van der Waals surface area contributed by atoms with Crippen LogP contribution in [0.15, 0.2) is 12.8 Å². The summed E-state index contributed by atoms with van der Waals surface area (Å²) < 4.78 is 13.9. The van der Waals surface area contributed by atoms with Crippen LogP contribution in [-0.4, -0.2) is 12.2 Å². The van der Waals surface area contributed by atoms with Crippen molar-refractivity contribution in [3.63, 3.8) is 0 Å². The molecule has 0 radical (unpaired) electrons. The van der Waals surface area contributed by atoms with Gasteiger partial charge in [-0.05, 0) is 43.7 Å². The summed E-state index contributed by atoms with van der Waals surface area (Å²) in [6, 6.07) is 0. The van der Waals surface area contributed by atoms with Gasteiger partial charge in [-0.2, -0.15) is 0 Å². The van der Waals surface area contributed by atoms with E-state index in [0.29, 0.717) is 6.42 Å². The average Bonchev–Trinajstić information content (AvgIpc) is 2.21. The average molecular weight is 199 g/mol. The summed E-state index contributed by atoms with van der Waals surface area (Å²) in [5.41, 5.74) is -0.618. The van der Waals surface area contributed by atoms with Gasteiger partial charge in [-0.1, -0.05) is 20.4 Å². The fourth-order valence-corrected chi connectivity index (χ4v) is 2.15. The molecule has 0 aromatic carbocycles. The van der Waals surface area contributed by atoms with Gasteiger partial charge in [-0.15, -0.1) is 0 Å². The van der Waals surface area contributed by atoms with Crippen LogP contribution in [0.3, 0.4) is 0 Å². The molecule has 0 unspecified atom stereocenters. The van der Waals surface area contributed by atoms with E-state index in [4.69, 9.17) is 0 Å². The van der Waals surface area contributed by atoms with Gasteiger partial charge in [0.25, 0.3) is 0 Å². The highest BCUT2D eigenvalue weighted by molar-refractivity contribution is 4.92. The van der Waals surface area contributed by atoms with E-state index in [1.165, 1.54) is 0 Å². The molecule has 0 saturated heterocycles. The molecule has 0 amide bonds. The zero-order valence-electron chi connectivity index (χ0n) is 9.41. The molecule has 0 aromatic rings. The first-order chi connectivity index (χ1) is 6.54. The van der Waals surface area contributed by atoms with Crippen molar-refractivity contribution >= 4 is 0 Å². The van der Waals surface area contributed by atoms with Gasteiger partial charge >= 0.3 is 0 Å². The molecular formula is C12H22FN. The van der Waals surface area contributed by atoms with Crippen molar-refractivity contribution in [2.45, 2.75) is 51.6 Å². The molecule has 1 aliphatic rings. The van der Waals surface area contributed by atoms with Gasteiger partial charge in [0.2, 0.25) is 0 Å². The van der Waals surface area contributed by atoms with Crippen LogP contribution in [0.4, 0.5) is 4.39 Å². The molecule has 1 N–H and O–H groups in total. The second-order valence-corrected chi connectivity index (χ2v) is 4.90. The lowest BCUT2D eigenvalue weighted by Crippen LogP contribution is -2.38. The van der Waals surface area contributed by atoms with Gasteiger partial charge in [0.15, 0.2) is 0 Å². The predicted octanol–water partition coefficient (Wildman–Crippen LogP) is 3.42. The molecule has 1 rings (SSSR count). The summed E-state index contributed by atoms with van der Waals surface area (Å²) in [4.78, 5) is 0. The Morgan fingerprint density at radius 3 is 2.36 bits per heavy atom. The van der Waals surface area contributed by atoms with Gasteiger partial charge < -0.3 is 5.32 Å². The molecule has 0 heterocycles. The van der Waals surface area contributed by atoms with E-state index in [9.17, 15) is 4.39 Å². The number of alkyl halides is 1. The summed E-state index contributed by atoms with van der Waals surface area (Å²) in [7, 11) is 0. The Bertz CT molecular complexity index is 192. The van der Waals surface area contributed by atoms with Crippen LogP contribution in [0.25, 0.3) is 0 Å². The molecule has 0 spiro atoms. The summed E-state index contributed by atoms with van der Waals surface area (Å²) in [5, 5.41) is 3.15. The number of hydrogen-bond donors (Lipinski definition) is 1. The first kappa shape index (κ1) is 11.5.